The lowest BCUT2D eigenvalue weighted by Crippen LogP contribution is -2.48. The minimum absolute atomic E-state index is 0.269. The number of carbonyl (C=O) groups is 1. The average molecular weight is 402 g/mol. The van der Waals surface area contributed by atoms with Crippen molar-refractivity contribution in [2.24, 2.45) is 0 Å². The van der Waals surface area contributed by atoms with Gasteiger partial charge in [-0.15, -0.1) is 0 Å². The minimum atomic E-state index is -0.418. The van der Waals surface area contributed by atoms with Gasteiger partial charge >= 0.3 is 0 Å². The van der Waals surface area contributed by atoms with Crippen LogP contribution in [0.5, 0.6) is 0 Å². The number of fused-ring (bicyclic) bond motifs is 1. The molecule has 0 aliphatic carbocycles. The van der Waals surface area contributed by atoms with Crippen LogP contribution in [0.2, 0.25) is 0 Å². The molecule has 0 saturated carbocycles. The van der Waals surface area contributed by atoms with Gasteiger partial charge in [-0.3, -0.25) is 9.69 Å². The zero-order valence-electron chi connectivity index (χ0n) is 15.2. The predicted octanol–water partition coefficient (Wildman–Crippen LogP) is 3.13. The van der Waals surface area contributed by atoms with Crippen molar-refractivity contribution in [3.63, 3.8) is 0 Å². The van der Waals surface area contributed by atoms with E-state index in [1.807, 2.05) is 6.07 Å². The molecule has 1 aromatic heterocycles. The summed E-state index contributed by atoms with van der Waals surface area (Å²) >= 11 is 1.51. The number of aromatic nitrogens is 1. The lowest BCUT2D eigenvalue weighted by Gasteiger charge is -2.34. The quantitative estimate of drug-likeness (QED) is 0.713. The van der Waals surface area contributed by atoms with Gasteiger partial charge in [0, 0.05) is 44.8 Å². The number of nitrogens with zero attached hydrogens (tertiary/aromatic N) is 3. The van der Waals surface area contributed by atoms with Crippen LogP contribution in [0.15, 0.2) is 42.5 Å². The van der Waals surface area contributed by atoms with Crippen LogP contribution in [0, 0.1) is 11.6 Å². The number of piperazine rings is 1. The summed E-state index contributed by atoms with van der Waals surface area (Å²) in [6.07, 6.45) is 0. The van der Waals surface area contributed by atoms with E-state index in [2.05, 4.69) is 20.1 Å². The van der Waals surface area contributed by atoms with Crippen LogP contribution in [0.4, 0.5) is 13.9 Å². The molecule has 2 heterocycles. The van der Waals surface area contributed by atoms with E-state index in [0.29, 0.717) is 17.6 Å². The van der Waals surface area contributed by atoms with Crippen molar-refractivity contribution < 1.29 is 13.6 Å². The maximum atomic E-state index is 13.8. The van der Waals surface area contributed by atoms with Gasteiger partial charge in [0.05, 0.1) is 4.70 Å². The molecule has 0 bridgehead atoms. The van der Waals surface area contributed by atoms with Gasteiger partial charge in [0.15, 0.2) is 5.13 Å². The van der Waals surface area contributed by atoms with Gasteiger partial charge in [-0.05, 0) is 30.3 Å². The Kier molecular flexibility index (Phi) is 5.50. The van der Waals surface area contributed by atoms with Gasteiger partial charge in [-0.25, -0.2) is 13.8 Å². The predicted molar refractivity (Wildman–Crippen MR) is 107 cm³/mol. The highest BCUT2D eigenvalue weighted by Gasteiger charge is 2.20. The zero-order chi connectivity index (χ0) is 19.5. The van der Waals surface area contributed by atoms with Crippen molar-refractivity contribution in [3.8, 4) is 0 Å². The standard InChI is InChI=1S/C20H20F2N4OS/c21-15-4-1-3-14(13-15)19(27)23-7-8-25-9-11-26(12-10-25)20-24-18-16(22)5-2-6-17(18)28-20/h1-6,13H,7-12H2,(H,23,27). The van der Waals surface area contributed by atoms with E-state index in [0.717, 1.165) is 42.6 Å². The Hall–Kier alpha value is -2.58. The van der Waals surface area contributed by atoms with E-state index >= 15 is 0 Å². The van der Waals surface area contributed by atoms with Gasteiger partial charge in [0.1, 0.15) is 17.2 Å². The fourth-order valence-corrected chi connectivity index (χ4v) is 4.29. The SMILES string of the molecule is O=C(NCCN1CCN(c2nc3c(F)cccc3s2)CC1)c1cccc(F)c1. The molecule has 1 amide bonds. The number of rotatable bonds is 5. The maximum Gasteiger partial charge on any atom is 0.251 e. The molecule has 5 nitrogen and oxygen atoms in total. The van der Waals surface area contributed by atoms with Crippen LogP contribution in [0.1, 0.15) is 10.4 Å². The monoisotopic (exact) mass is 402 g/mol. The molecule has 4 rings (SSSR count). The van der Waals surface area contributed by atoms with Crippen LogP contribution >= 0.6 is 11.3 Å². The summed E-state index contributed by atoms with van der Waals surface area (Å²) in [5.41, 5.74) is 0.762. The molecule has 146 valence electrons. The van der Waals surface area contributed by atoms with Gasteiger partial charge in [-0.2, -0.15) is 0 Å². The summed E-state index contributed by atoms with van der Waals surface area (Å²) < 4.78 is 27.9. The van der Waals surface area contributed by atoms with Crippen molar-refractivity contribution in [1.82, 2.24) is 15.2 Å². The Labute approximate surface area is 165 Å². The van der Waals surface area contributed by atoms with E-state index in [9.17, 15) is 13.6 Å². The molecule has 1 N–H and O–H groups in total. The number of amides is 1. The van der Waals surface area contributed by atoms with Crippen LogP contribution in [0.3, 0.4) is 0 Å². The second kappa shape index (κ2) is 8.20. The van der Waals surface area contributed by atoms with Crippen molar-refractivity contribution in [2.75, 3.05) is 44.2 Å². The minimum Gasteiger partial charge on any atom is -0.351 e. The molecule has 0 atom stereocenters. The van der Waals surface area contributed by atoms with Crippen molar-refractivity contribution in [3.05, 3.63) is 59.7 Å². The number of carbonyl (C=O) groups excluding carboxylic acids is 1. The summed E-state index contributed by atoms with van der Waals surface area (Å²) in [5.74, 6) is -0.971. The third-order valence-corrected chi connectivity index (χ3v) is 5.88. The molecular formula is C20H20F2N4OS. The number of hydrogen-bond donors (Lipinski definition) is 1. The van der Waals surface area contributed by atoms with Crippen LogP contribution in [-0.2, 0) is 0 Å². The molecule has 0 spiro atoms. The number of thiazole rings is 1. The molecule has 8 heteroatoms. The molecule has 1 aliphatic heterocycles. The lowest BCUT2D eigenvalue weighted by molar-refractivity contribution is 0.0947. The molecule has 1 saturated heterocycles. The third-order valence-electron chi connectivity index (χ3n) is 4.80. The number of benzene rings is 2. The van der Waals surface area contributed by atoms with E-state index in [1.165, 1.54) is 35.6 Å². The normalized spacial score (nSPS) is 15.1. The Balaban J connectivity index is 1.26. The van der Waals surface area contributed by atoms with Crippen molar-refractivity contribution >= 4 is 32.6 Å². The topological polar surface area (TPSA) is 48.5 Å². The van der Waals surface area contributed by atoms with Crippen molar-refractivity contribution in [1.29, 1.82) is 0 Å². The molecule has 1 fully saturated rings. The first-order chi connectivity index (χ1) is 13.6. The summed E-state index contributed by atoms with van der Waals surface area (Å²) in [4.78, 5) is 20.9. The number of halogens is 2. The highest BCUT2D eigenvalue weighted by Crippen LogP contribution is 2.30. The zero-order valence-corrected chi connectivity index (χ0v) is 16.0. The smallest absolute Gasteiger partial charge is 0.251 e. The molecule has 3 aromatic rings. The third kappa shape index (κ3) is 4.13. The van der Waals surface area contributed by atoms with Gasteiger partial charge < -0.3 is 10.2 Å². The highest BCUT2D eigenvalue weighted by atomic mass is 32.1. The van der Waals surface area contributed by atoms with Crippen molar-refractivity contribution in [2.45, 2.75) is 0 Å². The van der Waals surface area contributed by atoms with E-state index in [4.69, 9.17) is 0 Å². The maximum absolute atomic E-state index is 13.8. The number of anilines is 1. The Bertz CT molecular complexity index is 985. The van der Waals surface area contributed by atoms with Gasteiger partial charge in [0.2, 0.25) is 0 Å². The Morgan fingerprint density at radius 3 is 2.64 bits per heavy atom. The first-order valence-electron chi connectivity index (χ1n) is 9.16. The Morgan fingerprint density at radius 1 is 1.11 bits per heavy atom. The van der Waals surface area contributed by atoms with Gasteiger partial charge in [-0.1, -0.05) is 23.5 Å². The van der Waals surface area contributed by atoms with Crippen LogP contribution in [-0.4, -0.2) is 55.1 Å². The fraction of sp³-hybridized carbons (Fsp3) is 0.300. The van der Waals surface area contributed by atoms with Crippen LogP contribution in [0.25, 0.3) is 10.2 Å². The molecule has 0 radical (unpaired) electrons. The summed E-state index contributed by atoms with van der Waals surface area (Å²) in [6.45, 7) is 4.52. The van der Waals surface area contributed by atoms with E-state index in [-0.39, 0.29) is 11.7 Å². The lowest BCUT2D eigenvalue weighted by atomic mass is 10.2. The van der Waals surface area contributed by atoms with Gasteiger partial charge in [0.25, 0.3) is 5.91 Å². The van der Waals surface area contributed by atoms with E-state index in [1.54, 1.807) is 12.1 Å². The highest BCUT2D eigenvalue weighted by molar-refractivity contribution is 7.22. The summed E-state index contributed by atoms with van der Waals surface area (Å²) in [7, 11) is 0. The van der Waals surface area contributed by atoms with Crippen LogP contribution < -0.4 is 10.2 Å². The molecule has 28 heavy (non-hydrogen) atoms. The largest absolute Gasteiger partial charge is 0.351 e. The average Bonchev–Trinajstić information content (AvgIpc) is 3.14. The Morgan fingerprint density at radius 2 is 1.89 bits per heavy atom. The first-order valence-corrected chi connectivity index (χ1v) is 9.98. The molecule has 1 aliphatic rings. The molecule has 0 unspecified atom stereocenters. The summed E-state index contributed by atoms with van der Waals surface area (Å²) in [6, 6.07) is 10.7. The fourth-order valence-electron chi connectivity index (χ4n) is 3.26. The first kappa shape index (κ1) is 18.8. The van der Waals surface area contributed by atoms with E-state index < -0.39 is 5.82 Å². The number of nitrogens with one attached hydrogen (secondary N) is 1. The molecule has 2 aromatic carbocycles. The number of para-hydroxylation sites is 1. The number of hydrogen-bond acceptors (Lipinski definition) is 5. The summed E-state index contributed by atoms with van der Waals surface area (Å²) in [5, 5.41) is 3.67. The second-order valence-corrected chi connectivity index (χ2v) is 7.69. The molecular weight excluding hydrogens is 382 g/mol. The second-order valence-electron chi connectivity index (χ2n) is 6.68.